The van der Waals surface area contributed by atoms with Gasteiger partial charge in [0.2, 0.25) is 5.91 Å². The number of H-pyrrole nitrogens is 1. The third kappa shape index (κ3) is 3.49. The molecule has 28 heavy (non-hydrogen) atoms. The second kappa shape index (κ2) is 7.31. The number of nitrogens with one attached hydrogen (secondary N) is 2. The van der Waals surface area contributed by atoms with Gasteiger partial charge in [0.25, 0.3) is 0 Å². The van der Waals surface area contributed by atoms with Gasteiger partial charge in [-0.2, -0.15) is 0 Å². The average Bonchev–Trinajstić information content (AvgIpc) is 3.25. The molecule has 0 aliphatic heterocycles. The fourth-order valence-electron chi connectivity index (χ4n) is 3.26. The molecule has 0 radical (unpaired) electrons. The molecular weight excluding hydrogens is 376 g/mol. The van der Waals surface area contributed by atoms with Gasteiger partial charge < -0.3 is 10.7 Å². The topological polar surface area (TPSA) is 119 Å². The van der Waals surface area contributed by atoms with E-state index in [1.807, 2.05) is 38.2 Å². The Kier molecular flexibility index (Phi) is 4.84. The molecule has 146 valence electrons. The Labute approximate surface area is 166 Å². The first-order valence-electron chi connectivity index (χ1n) is 9.24. The molecule has 3 aromatic rings. The third-order valence-corrected chi connectivity index (χ3v) is 6.25. The maximum absolute atomic E-state index is 12.4. The van der Waals surface area contributed by atoms with Crippen LogP contribution in [0.5, 0.6) is 0 Å². The number of fused-ring (bicyclic) bond motifs is 1. The van der Waals surface area contributed by atoms with Gasteiger partial charge in [0.1, 0.15) is 0 Å². The number of nitrogens with zero attached hydrogens (tertiary/aromatic N) is 3. The van der Waals surface area contributed by atoms with Gasteiger partial charge in [0.05, 0.1) is 5.25 Å². The lowest BCUT2D eigenvalue weighted by Crippen LogP contribution is -2.42. The number of aromatic amines is 1. The number of primary amides is 1. The summed E-state index contributed by atoms with van der Waals surface area (Å²) >= 11 is 1.32. The van der Waals surface area contributed by atoms with Crippen LogP contribution >= 0.6 is 11.8 Å². The molecule has 9 heteroatoms. The summed E-state index contributed by atoms with van der Waals surface area (Å²) in [6.07, 6.45) is 4.06. The molecule has 4 N–H and O–H groups in total. The van der Waals surface area contributed by atoms with Crippen molar-refractivity contribution in [3.8, 4) is 11.4 Å². The highest BCUT2D eigenvalue weighted by Crippen LogP contribution is 2.43. The summed E-state index contributed by atoms with van der Waals surface area (Å²) < 4.78 is 2.12. The normalized spacial score (nSPS) is 15.1. The molecule has 1 saturated carbocycles. The average molecular weight is 398 g/mol. The number of benzene rings is 1. The minimum Gasteiger partial charge on any atom is -0.360 e. The first kappa shape index (κ1) is 18.5. The highest BCUT2D eigenvalue weighted by Gasteiger charge is 2.34. The summed E-state index contributed by atoms with van der Waals surface area (Å²) in [7, 11) is 0. The van der Waals surface area contributed by atoms with Crippen molar-refractivity contribution in [2.24, 2.45) is 11.7 Å². The van der Waals surface area contributed by atoms with Crippen molar-refractivity contribution in [1.29, 1.82) is 0 Å². The molecule has 0 saturated heterocycles. The van der Waals surface area contributed by atoms with Gasteiger partial charge in [-0.25, -0.2) is 4.79 Å². The second-order valence-electron chi connectivity index (χ2n) is 7.29. The Bertz CT molecular complexity index is 1040. The van der Waals surface area contributed by atoms with Gasteiger partial charge in [-0.1, -0.05) is 43.8 Å². The number of amides is 3. The summed E-state index contributed by atoms with van der Waals surface area (Å²) in [5, 5.41) is 12.3. The number of para-hydroxylation sites is 1. The Morgan fingerprint density at radius 2 is 2.04 bits per heavy atom. The maximum atomic E-state index is 12.4. The van der Waals surface area contributed by atoms with Crippen molar-refractivity contribution in [2.75, 3.05) is 0 Å². The van der Waals surface area contributed by atoms with E-state index in [1.54, 1.807) is 0 Å². The second-order valence-corrected chi connectivity index (χ2v) is 8.40. The molecule has 4 rings (SSSR count). The molecule has 1 aliphatic rings. The zero-order valence-corrected chi connectivity index (χ0v) is 16.5. The summed E-state index contributed by atoms with van der Waals surface area (Å²) in [4.78, 5) is 26.8. The number of hydrogen-bond acceptors (Lipinski definition) is 5. The van der Waals surface area contributed by atoms with E-state index in [0.717, 1.165) is 35.1 Å². The van der Waals surface area contributed by atoms with Crippen molar-refractivity contribution in [3.05, 3.63) is 30.5 Å². The molecule has 1 aromatic carbocycles. The minimum absolute atomic E-state index is 0.00904. The fourth-order valence-corrected chi connectivity index (χ4v) is 4.36. The van der Waals surface area contributed by atoms with Crippen LogP contribution < -0.4 is 11.1 Å². The Hall–Kier alpha value is -2.81. The number of aromatic nitrogens is 4. The molecule has 1 fully saturated rings. The number of imide groups is 1. The number of carbonyl (C=O) groups is 2. The molecule has 2 heterocycles. The van der Waals surface area contributed by atoms with E-state index < -0.39 is 17.2 Å². The smallest absolute Gasteiger partial charge is 0.318 e. The van der Waals surface area contributed by atoms with Crippen LogP contribution in [0.25, 0.3) is 22.3 Å². The van der Waals surface area contributed by atoms with Gasteiger partial charge in [-0.3, -0.25) is 14.7 Å². The summed E-state index contributed by atoms with van der Waals surface area (Å²) in [6, 6.07) is 7.54. The standard InChI is InChI=1S/C19H22N6O2S/c1-10(2)15(17(26)22-18(20)27)28-19-24-23-16(25(19)11-7-8-11)13-9-21-14-6-4-3-5-12(13)14/h3-6,9-11,15,21H,7-8H2,1-2H3,(H3,20,22,26,27)/t15-/m0/s1. The van der Waals surface area contributed by atoms with Crippen LogP contribution in [0.4, 0.5) is 4.79 Å². The molecule has 1 aliphatic carbocycles. The lowest BCUT2D eigenvalue weighted by atomic mass is 10.1. The van der Waals surface area contributed by atoms with Crippen molar-refractivity contribution in [3.63, 3.8) is 0 Å². The third-order valence-electron chi connectivity index (χ3n) is 4.75. The quantitative estimate of drug-likeness (QED) is 0.551. The molecule has 3 amide bonds. The summed E-state index contributed by atoms with van der Waals surface area (Å²) in [5.41, 5.74) is 7.15. The van der Waals surface area contributed by atoms with Gasteiger partial charge >= 0.3 is 6.03 Å². The first-order chi connectivity index (χ1) is 13.5. The summed E-state index contributed by atoms with van der Waals surface area (Å²) in [5.74, 6) is 0.372. The van der Waals surface area contributed by atoms with E-state index >= 15 is 0 Å². The highest BCUT2D eigenvalue weighted by atomic mass is 32.2. The highest BCUT2D eigenvalue weighted by molar-refractivity contribution is 8.00. The zero-order valence-electron chi connectivity index (χ0n) is 15.7. The lowest BCUT2D eigenvalue weighted by Gasteiger charge is -2.19. The van der Waals surface area contributed by atoms with Crippen molar-refractivity contribution in [1.82, 2.24) is 25.1 Å². The van der Waals surface area contributed by atoms with Crippen LogP contribution in [0.2, 0.25) is 0 Å². The number of nitrogens with two attached hydrogens (primary N) is 1. The minimum atomic E-state index is -0.848. The van der Waals surface area contributed by atoms with Crippen LogP contribution in [0.1, 0.15) is 32.7 Å². The van der Waals surface area contributed by atoms with Gasteiger partial charge in [-0.15, -0.1) is 10.2 Å². The van der Waals surface area contributed by atoms with Gasteiger partial charge in [-0.05, 0) is 24.8 Å². The number of rotatable bonds is 6. The van der Waals surface area contributed by atoms with Crippen LogP contribution in [0.3, 0.4) is 0 Å². The SMILES string of the molecule is CC(C)[C@H](Sc1nnc(-c2c[nH]c3ccccc23)n1C1CC1)C(=O)NC(N)=O. The maximum Gasteiger partial charge on any atom is 0.318 e. The monoisotopic (exact) mass is 398 g/mol. The van der Waals surface area contributed by atoms with Crippen LogP contribution in [-0.4, -0.2) is 36.9 Å². The largest absolute Gasteiger partial charge is 0.360 e. The number of urea groups is 1. The lowest BCUT2D eigenvalue weighted by molar-refractivity contribution is -0.120. The van der Waals surface area contributed by atoms with Crippen molar-refractivity contribution in [2.45, 2.75) is 43.1 Å². The molecule has 2 aromatic heterocycles. The van der Waals surface area contributed by atoms with E-state index in [1.165, 1.54) is 11.8 Å². The van der Waals surface area contributed by atoms with Gasteiger partial charge in [0.15, 0.2) is 11.0 Å². The fraction of sp³-hybridized carbons (Fsp3) is 0.368. The van der Waals surface area contributed by atoms with E-state index in [-0.39, 0.29) is 5.92 Å². The zero-order chi connectivity index (χ0) is 19.8. The van der Waals surface area contributed by atoms with Crippen LogP contribution in [0, 0.1) is 5.92 Å². The molecule has 0 spiro atoms. The van der Waals surface area contributed by atoms with E-state index in [2.05, 4.69) is 31.1 Å². The number of hydrogen-bond donors (Lipinski definition) is 3. The van der Waals surface area contributed by atoms with Crippen LogP contribution in [0.15, 0.2) is 35.6 Å². The van der Waals surface area contributed by atoms with Gasteiger partial charge in [0, 0.05) is 28.7 Å². The molecule has 8 nitrogen and oxygen atoms in total. The first-order valence-corrected chi connectivity index (χ1v) is 10.1. The molecular formula is C19H22N6O2S. The molecule has 1 atom stereocenters. The predicted molar refractivity (Wildman–Crippen MR) is 108 cm³/mol. The Balaban J connectivity index is 1.71. The Morgan fingerprint density at radius 3 is 2.71 bits per heavy atom. The number of carbonyl (C=O) groups excluding carboxylic acids is 2. The van der Waals surface area contributed by atoms with E-state index in [9.17, 15) is 9.59 Å². The van der Waals surface area contributed by atoms with E-state index in [0.29, 0.717) is 11.2 Å². The van der Waals surface area contributed by atoms with Crippen molar-refractivity contribution < 1.29 is 9.59 Å². The molecule has 0 unspecified atom stereocenters. The van der Waals surface area contributed by atoms with Crippen molar-refractivity contribution >= 4 is 34.6 Å². The van der Waals surface area contributed by atoms with E-state index in [4.69, 9.17) is 5.73 Å². The van der Waals surface area contributed by atoms with Crippen LogP contribution in [-0.2, 0) is 4.79 Å². The number of thioether (sulfide) groups is 1. The summed E-state index contributed by atoms with van der Waals surface area (Å²) in [6.45, 7) is 3.85. The Morgan fingerprint density at radius 1 is 1.29 bits per heavy atom. The predicted octanol–water partition coefficient (Wildman–Crippen LogP) is 3.07. The molecule has 0 bridgehead atoms.